The quantitative estimate of drug-likeness (QED) is 0.551. The topological polar surface area (TPSA) is 84.8 Å². The van der Waals surface area contributed by atoms with Crippen LogP contribution in [0.5, 0.6) is 11.5 Å². The van der Waals surface area contributed by atoms with Gasteiger partial charge in [-0.25, -0.2) is 14.5 Å². The van der Waals surface area contributed by atoms with Crippen LogP contribution in [0, 0.1) is 6.92 Å². The first-order valence-electron chi connectivity index (χ1n) is 11.2. The zero-order chi connectivity index (χ0) is 24.1. The Morgan fingerprint density at radius 3 is 2.56 bits per heavy atom. The number of amides is 2. The molecule has 0 atom stereocenters. The predicted molar refractivity (Wildman–Crippen MR) is 131 cm³/mol. The van der Waals surface area contributed by atoms with Gasteiger partial charge in [-0.2, -0.15) is 5.10 Å². The van der Waals surface area contributed by atoms with E-state index >= 15 is 0 Å². The Morgan fingerprint density at radius 2 is 1.91 bits per heavy atom. The predicted octanol–water partition coefficient (Wildman–Crippen LogP) is 3.67. The molecule has 180 valence electrons. The number of carbonyl (C=O) groups excluding carboxylic acids is 1. The van der Waals surface area contributed by atoms with Crippen molar-refractivity contribution in [2.75, 3.05) is 44.8 Å². The summed E-state index contributed by atoms with van der Waals surface area (Å²) >= 11 is 6.17. The lowest BCUT2D eigenvalue weighted by atomic mass is 10.2. The van der Waals surface area contributed by atoms with Crippen molar-refractivity contribution in [2.24, 2.45) is 0 Å². The van der Waals surface area contributed by atoms with Crippen LogP contribution in [0.1, 0.15) is 18.3 Å². The van der Waals surface area contributed by atoms with Crippen molar-refractivity contribution < 1.29 is 14.3 Å². The van der Waals surface area contributed by atoms with Crippen LogP contribution >= 0.6 is 11.6 Å². The molecule has 1 fully saturated rings. The highest BCUT2D eigenvalue weighted by molar-refractivity contribution is 6.32. The molecule has 2 amide bonds. The van der Waals surface area contributed by atoms with Crippen LogP contribution in [-0.2, 0) is 6.54 Å². The second kappa shape index (κ2) is 10.6. The van der Waals surface area contributed by atoms with E-state index in [1.165, 1.54) is 0 Å². The summed E-state index contributed by atoms with van der Waals surface area (Å²) in [6.45, 7) is 7.49. The molecule has 1 aromatic heterocycles. The third-order valence-corrected chi connectivity index (χ3v) is 5.98. The van der Waals surface area contributed by atoms with Gasteiger partial charge in [-0.15, -0.1) is 0 Å². The molecule has 0 spiro atoms. The normalized spacial score (nSPS) is 13.6. The number of nitrogens with zero attached hydrogens (tertiary/aromatic N) is 5. The minimum absolute atomic E-state index is 0.0847. The average Bonchev–Trinajstić information content (AvgIpc) is 3.29. The van der Waals surface area contributed by atoms with Gasteiger partial charge >= 0.3 is 6.03 Å². The number of halogens is 1. The van der Waals surface area contributed by atoms with Crippen molar-refractivity contribution in [2.45, 2.75) is 20.4 Å². The van der Waals surface area contributed by atoms with Gasteiger partial charge in [-0.05, 0) is 43.7 Å². The molecule has 1 aliphatic rings. The first-order chi connectivity index (χ1) is 16.5. The first kappa shape index (κ1) is 23.7. The van der Waals surface area contributed by atoms with E-state index in [2.05, 4.69) is 26.4 Å². The van der Waals surface area contributed by atoms with Gasteiger partial charge in [0.05, 0.1) is 18.7 Å². The van der Waals surface area contributed by atoms with E-state index in [0.717, 1.165) is 35.8 Å². The standard InChI is InChI=1S/C24H29ClN6O3/c1-4-34-23-14-19(6-7-21(23)31-16-27-17(2)28-31)29-9-11-30(12-10-29)24(32)26-15-18-5-8-22(33-3)20(25)13-18/h5-8,13-14,16H,4,9-12,15H2,1-3H3,(H,26,32). The third kappa shape index (κ3) is 5.36. The van der Waals surface area contributed by atoms with Gasteiger partial charge in [0, 0.05) is 44.5 Å². The van der Waals surface area contributed by atoms with Gasteiger partial charge in [0.2, 0.25) is 0 Å². The lowest BCUT2D eigenvalue weighted by Gasteiger charge is -2.36. The number of aryl methyl sites for hydroxylation is 1. The molecule has 0 bridgehead atoms. The number of ether oxygens (including phenoxy) is 2. The fourth-order valence-electron chi connectivity index (χ4n) is 3.90. The monoisotopic (exact) mass is 484 g/mol. The molecule has 10 heteroatoms. The molecule has 34 heavy (non-hydrogen) atoms. The minimum atomic E-state index is -0.0847. The summed E-state index contributed by atoms with van der Waals surface area (Å²) in [6, 6.07) is 11.5. The molecule has 9 nitrogen and oxygen atoms in total. The minimum Gasteiger partial charge on any atom is -0.495 e. The van der Waals surface area contributed by atoms with Crippen molar-refractivity contribution in [3.05, 3.63) is 59.1 Å². The first-order valence-corrected chi connectivity index (χ1v) is 11.6. The van der Waals surface area contributed by atoms with Gasteiger partial charge in [0.1, 0.15) is 29.3 Å². The Hall–Kier alpha value is -3.46. The summed E-state index contributed by atoms with van der Waals surface area (Å²) in [5.74, 6) is 2.07. The Kier molecular flexibility index (Phi) is 7.42. The van der Waals surface area contributed by atoms with E-state index in [1.54, 1.807) is 30.3 Å². The SMILES string of the molecule is CCOc1cc(N2CCN(C(=O)NCc3ccc(OC)c(Cl)c3)CC2)ccc1-n1cnc(C)n1. The van der Waals surface area contributed by atoms with Gasteiger partial charge in [0.15, 0.2) is 0 Å². The van der Waals surface area contributed by atoms with Crippen LogP contribution in [0.2, 0.25) is 5.02 Å². The maximum Gasteiger partial charge on any atom is 0.317 e. The number of benzene rings is 2. The summed E-state index contributed by atoms with van der Waals surface area (Å²) in [4.78, 5) is 21.0. The molecule has 1 saturated heterocycles. The Bertz CT molecular complexity index is 1140. The number of hydrogen-bond donors (Lipinski definition) is 1. The fraction of sp³-hybridized carbons (Fsp3) is 0.375. The summed E-state index contributed by atoms with van der Waals surface area (Å²) in [5, 5.41) is 7.90. The average molecular weight is 485 g/mol. The number of hydrogen-bond acceptors (Lipinski definition) is 6. The summed E-state index contributed by atoms with van der Waals surface area (Å²) in [6.07, 6.45) is 1.68. The number of urea groups is 1. The number of rotatable bonds is 7. The third-order valence-electron chi connectivity index (χ3n) is 5.69. The number of anilines is 1. The van der Waals surface area contributed by atoms with Crippen molar-refractivity contribution in [3.8, 4) is 17.2 Å². The molecule has 2 heterocycles. The van der Waals surface area contributed by atoms with Crippen LogP contribution in [0.4, 0.5) is 10.5 Å². The number of piperazine rings is 1. The maximum atomic E-state index is 12.7. The molecule has 1 N–H and O–H groups in total. The zero-order valence-corrected chi connectivity index (χ0v) is 20.4. The fourth-order valence-corrected chi connectivity index (χ4v) is 4.18. The lowest BCUT2D eigenvalue weighted by Crippen LogP contribution is -2.51. The van der Waals surface area contributed by atoms with E-state index in [1.807, 2.05) is 36.9 Å². The number of carbonyl (C=O) groups is 1. The highest BCUT2D eigenvalue weighted by atomic mass is 35.5. The molecule has 0 saturated carbocycles. The van der Waals surface area contributed by atoms with Gasteiger partial charge in [-0.1, -0.05) is 17.7 Å². The Labute approximate surface area is 204 Å². The van der Waals surface area contributed by atoms with Crippen molar-refractivity contribution in [1.29, 1.82) is 0 Å². The smallest absolute Gasteiger partial charge is 0.317 e. The Balaban J connectivity index is 1.35. The van der Waals surface area contributed by atoms with Crippen LogP contribution in [0.15, 0.2) is 42.7 Å². The zero-order valence-electron chi connectivity index (χ0n) is 19.6. The molecule has 1 aliphatic heterocycles. The largest absolute Gasteiger partial charge is 0.495 e. The molecule has 3 aromatic rings. The van der Waals surface area contributed by atoms with Crippen LogP contribution in [-0.4, -0.2) is 65.6 Å². The maximum absolute atomic E-state index is 12.7. The van der Waals surface area contributed by atoms with Gasteiger partial charge < -0.3 is 24.6 Å². The summed E-state index contributed by atoms with van der Waals surface area (Å²) in [5.41, 5.74) is 2.82. The van der Waals surface area contributed by atoms with Crippen LogP contribution in [0.3, 0.4) is 0 Å². The second-order valence-corrected chi connectivity index (χ2v) is 8.33. The molecule has 4 rings (SSSR count). The highest BCUT2D eigenvalue weighted by Gasteiger charge is 2.22. The summed E-state index contributed by atoms with van der Waals surface area (Å²) in [7, 11) is 1.58. The van der Waals surface area contributed by atoms with Crippen molar-refractivity contribution in [3.63, 3.8) is 0 Å². The van der Waals surface area contributed by atoms with Gasteiger partial charge in [0.25, 0.3) is 0 Å². The van der Waals surface area contributed by atoms with E-state index in [-0.39, 0.29) is 6.03 Å². The molecule has 0 unspecified atom stereocenters. The highest BCUT2D eigenvalue weighted by Crippen LogP contribution is 2.29. The number of methoxy groups -OCH3 is 1. The molecular weight excluding hydrogens is 456 g/mol. The lowest BCUT2D eigenvalue weighted by molar-refractivity contribution is 0.194. The van der Waals surface area contributed by atoms with Gasteiger partial charge in [-0.3, -0.25) is 0 Å². The number of nitrogens with one attached hydrogen (secondary N) is 1. The van der Waals surface area contributed by atoms with Crippen molar-refractivity contribution in [1.82, 2.24) is 25.0 Å². The summed E-state index contributed by atoms with van der Waals surface area (Å²) < 4.78 is 12.8. The molecule has 0 aliphatic carbocycles. The van der Waals surface area contributed by atoms with E-state index in [9.17, 15) is 4.79 Å². The van der Waals surface area contributed by atoms with E-state index in [4.69, 9.17) is 21.1 Å². The number of aromatic nitrogens is 3. The van der Waals surface area contributed by atoms with E-state index in [0.29, 0.717) is 42.8 Å². The van der Waals surface area contributed by atoms with Crippen LogP contribution < -0.4 is 19.7 Å². The molecular formula is C24H29ClN6O3. The van der Waals surface area contributed by atoms with Crippen molar-refractivity contribution >= 4 is 23.3 Å². The molecule has 2 aromatic carbocycles. The Morgan fingerprint density at radius 1 is 1.12 bits per heavy atom. The second-order valence-electron chi connectivity index (χ2n) is 7.92. The molecule has 0 radical (unpaired) electrons. The van der Waals surface area contributed by atoms with Crippen LogP contribution in [0.25, 0.3) is 5.69 Å². The van der Waals surface area contributed by atoms with E-state index < -0.39 is 0 Å².